The minimum Gasteiger partial charge on any atom is -0.328 e. The largest absolute Gasteiger partial charge is 0.328 e. The first-order valence-corrected chi connectivity index (χ1v) is 6.56. The molecule has 0 saturated heterocycles. The van der Waals surface area contributed by atoms with Crippen molar-refractivity contribution in [2.45, 2.75) is 43.8 Å². The summed E-state index contributed by atoms with van der Waals surface area (Å²) >= 11 is 3.38. The summed E-state index contributed by atoms with van der Waals surface area (Å²) in [5.74, 6) is 0. The van der Waals surface area contributed by atoms with E-state index in [-0.39, 0.29) is 6.04 Å². The van der Waals surface area contributed by atoms with Crippen molar-refractivity contribution in [3.8, 4) is 0 Å². The predicted octanol–water partition coefficient (Wildman–Crippen LogP) is 3.60. The average molecular weight is 286 g/mol. The first kappa shape index (κ1) is 12.1. The Morgan fingerprint density at radius 1 is 1.38 bits per heavy atom. The van der Waals surface area contributed by atoms with E-state index in [2.05, 4.69) is 15.9 Å². The number of rotatable bonds is 2. The first-order chi connectivity index (χ1) is 7.57. The highest BCUT2D eigenvalue weighted by molar-refractivity contribution is 9.10. The molecule has 88 valence electrons. The molecule has 0 amide bonds. The lowest BCUT2D eigenvalue weighted by molar-refractivity contribution is 0.0965. The SMILES string of the molecule is NC1CCCC(F)(Cc2ccc(Br)cc2)C1. The van der Waals surface area contributed by atoms with Crippen molar-refractivity contribution in [3.63, 3.8) is 0 Å². The van der Waals surface area contributed by atoms with Gasteiger partial charge in [-0.1, -0.05) is 28.1 Å². The zero-order valence-corrected chi connectivity index (χ0v) is 10.8. The van der Waals surface area contributed by atoms with Crippen molar-refractivity contribution < 1.29 is 4.39 Å². The topological polar surface area (TPSA) is 26.0 Å². The molecular weight excluding hydrogens is 269 g/mol. The van der Waals surface area contributed by atoms with E-state index in [1.165, 1.54) is 0 Å². The molecule has 1 nitrogen and oxygen atoms in total. The monoisotopic (exact) mass is 285 g/mol. The fraction of sp³-hybridized carbons (Fsp3) is 0.538. The number of halogens is 2. The van der Waals surface area contributed by atoms with Gasteiger partial charge in [-0.15, -0.1) is 0 Å². The molecule has 0 radical (unpaired) electrons. The summed E-state index contributed by atoms with van der Waals surface area (Å²) in [5, 5.41) is 0. The van der Waals surface area contributed by atoms with Gasteiger partial charge in [0.1, 0.15) is 5.67 Å². The van der Waals surface area contributed by atoms with Crippen molar-refractivity contribution >= 4 is 15.9 Å². The standard InChI is InChI=1S/C13H17BrFN/c14-11-5-3-10(4-6-11)8-13(15)7-1-2-12(16)9-13/h3-6,12H,1-2,7-9,16H2. The Hall–Kier alpha value is -0.410. The fourth-order valence-electron chi connectivity index (χ4n) is 2.48. The molecule has 3 heteroatoms. The molecule has 1 aromatic rings. The van der Waals surface area contributed by atoms with Crippen molar-refractivity contribution in [2.24, 2.45) is 5.73 Å². The van der Waals surface area contributed by atoms with Crippen molar-refractivity contribution in [2.75, 3.05) is 0 Å². The molecule has 2 N–H and O–H groups in total. The van der Waals surface area contributed by atoms with Crippen LogP contribution in [-0.2, 0) is 6.42 Å². The number of hydrogen-bond donors (Lipinski definition) is 1. The molecule has 0 spiro atoms. The first-order valence-electron chi connectivity index (χ1n) is 5.76. The Balaban J connectivity index is 2.05. The summed E-state index contributed by atoms with van der Waals surface area (Å²) in [6.07, 6.45) is 3.52. The summed E-state index contributed by atoms with van der Waals surface area (Å²) < 4.78 is 15.5. The second-order valence-electron chi connectivity index (χ2n) is 4.81. The minimum atomic E-state index is -1.09. The van der Waals surface area contributed by atoms with Gasteiger partial charge in [-0.25, -0.2) is 4.39 Å². The summed E-state index contributed by atoms with van der Waals surface area (Å²) in [6, 6.07) is 7.91. The van der Waals surface area contributed by atoms with Gasteiger partial charge >= 0.3 is 0 Å². The van der Waals surface area contributed by atoms with Gasteiger partial charge in [0.25, 0.3) is 0 Å². The molecule has 2 atom stereocenters. The van der Waals surface area contributed by atoms with Crippen molar-refractivity contribution in [1.29, 1.82) is 0 Å². The third kappa shape index (κ3) is 3.05. The lowest BCUT2D eigenvalue weighted by Gasteiger charge is -2.33. The smallest absolute Gasteiger partial charge is 0.116 e. The van der Waals surface area contributed by atoms with Gasteiger partial charge in [-0.05, 0) is 43.4 Å². The van der Waals surface area contributed by atoms with Crippen LogP contribution >= 0.6 is 15.9 Å². The predicted molar refractivity (Wildman–Crippen MR) is 68.1 cm³/mol. The van der Waals surface area contributed by atoms with Gasteiger partial charge < -0.3 is 5.73 Å². The van der Waals surface area contributed by atoms with E-state index in [0.717, 1.165) is 22.9 Å². The summed E-state index contributed by atoms with van der Waals surface area (Å²) in [7, 11) is 0. The third-order valence-electron chi connectivity index (χ3n) is 3.26. The maximum Gasteiger partial charge on any atom is 0.116 e. The van der Waals surface area contributed by atoms with Gasteiger partial charge in [0, 0.05) is 16.9 Å². The second kappa shape index (κ2) is 4.84. The Kier molecular flexibility index (Phi) is 3.65. The van der Waals surface area contributed by atoms with E-state index in [1.54, 1.807) is 0 Å². The highest BCUT2D eigenvalue weighted by Crippen LogP contribution is 2.34. The van der Waals surface area contributed by atoms with Gasteiger partial charge in [-0.3, -0.25) is 0 Å². The van der Waals surface area contributed by atoms with Crippen LogP contribution in [0.4, 0.5) is 4.39 Å². The zero-order chi connectivity index (χ0) is 11.6. The Morgan fingerprint density at radius 2 is 2.06 bits per heavy atom. The number of alkyl halides is 1. The Bertz CT molecular complexity index is 351. The summed E-state index contributed by atoms with van der Waals surface area (Å²) in [6.45, 7) is 0. The molecular formula is C13H17BrFN. The summed E-state index contributed by atoms with van der Waals surface area (Å²) in [4.78, 5) is 0. The highest BCUT2D eigenvalue weighted by atomic mass is 79.9. The summed E-state index contributed by atoms with van der Waals surface area (Å²) in [5.41, 5.74) is 5.80. The number of hydrogen-bond acceptors (Lipinski definition) is 1. The highest BCUT2D eigenvalue weighted by Gasteiger charge is 2.35. The van der Waals surface area contributed by atoms with Crippen LogP contribution in [0.15, 0.2) is 28.7 Å². The second-order valence-corrected chi connectivity index (χ2v) is 5.73. The van der Waals surface area contributed by atoms with E-state index in [1.807, 2.05) is 24.3 Å². The Labute approximate surface area is 104 Å². The quantitative estimate of drug-likeness (QED) is 0.883. The van der Waals surface area contributed by atoms with E-state index in [0.29, 0.717) is 19.3 Å². The molecule has 2 rings (SSSR count). The maximum absolute atomic E-state index is 14.5. The Morgan fingerprint density at radius 3 is 2.69 bits per heavy atom. The normalized spacial score (nSPS) is 30.3. The van der Waals surface area contributed by atoms with Gasteiger partial charge in [0.2, 0.25) is 0 Å². The van der Waals surface area contributed by atoms with Crippen LogP contribution in [0.1, 0.15) is 31.2 Å². The van der Waals surface area contributed by atoms with Crippen LogP contribution in [0, 0.1) is 0 Å². The number of nitrogens with two attached hydrogens (primary N) is 1. The van der Waals surface area contributed by atoms with Crippen LogP contribution in [0.25, 0.3) is 0 Å². The minimum absolute atomic E-state index is 0.0363. The molecule has 1 aliphatic carbocycles. The lowest BCUT2D eigenvalue weighted by atomic mass is 9.80. The fourth-order valence-corrected chi connectivity index (χ4v) is 2.75. The molecule has 2 unspecified atom stereocenters. The average Bonchev–Trinajstić information content (AvgIpc) is 2.21. The van der Waals surface area contributed by atoms with E-state index in [9.17, 15) is 4.39 Å². The van der Waals surface area contributed by atoms with Crippen LogP contribution in [0.5, 0.6) is 0 Å². The molecule has 16 heavy (non-hydrogen) atoms. The molecule has 0 aliphatic heterocycles. The van der Waals surface area contributed by atoms with Crippen LogP contribution in [0.3, 0.4) is 0 Å². The molecule has 1 aliphatic rings. The van der Waals surface area contributed by atoms with Crippen LogP contribution in [0.2, 0.25) is 0 Å². The van der Waals surface area contributed by atoms with Crippen molar-refractivity contribution in [3.05, 3.63) is 34.3 Å². The molecule has 1 saturated carbocycles. The van der Waals surface area contributed by atoms with Crippen LogP contribution in [-0.4, -0.2) is 11.7 Å². The molecule has 1 aromatic carbocycles. The molecule has 0 aromatic heterocycles. The molecule has 0 bridgehead atoms. The van der Waals surface area contributed by atoms with Gasteiger partial charge in [0.15, 0.2) is 0 Å². The van der Waals surface area contributed by atoms with E-state index < -0.39 is 5.67 Å². The lowest BCUT2D eigenvalue weighted by Crippen LogP contribution is -2.39. The maximum atomic E-state index is 14.5. The van der Waals surface area contributed by atoms with Crippen LogP contribution < -0.4 is 5.73 Å². The molecule has 1 fully saturated rings. The van der Waals surface area contributed by atoms with E-state index >= 15 is 0 Å². The third-order valence-corrected chi connectivity index (χ3v) is 3.79. The molecule has 0 heterocycles. The number of benzene rings is 1. The van der Waals surface area contributed by atoms with E-state index in [4.69, 9.17) is 5.73 Å². The van der Waals surface area contributed by atoms with Gasteiger partial charge in [-0.2, -0.15) is 0 Å². The zero-order valence-electron chi connectivity index (χ0n) is 9.26. The van der Waals surface area contributed by atoms with Crippen molar-refractivity contribution in [1.82, 2.24) is 0 Å². The van der Waals surface area contributed by atoms with Gasteiger partial charge in [0.05, 0.1) is 0 Å².